The van der Waals surface area contributed by atoms with E-state index >= 15 is 0 Å². The molecular formula is C14H18Cl2N2O3S. The Kier molecular flexibility index (Phi) is 8.00. The van der Waals surface area contributed by atoms with Gasteiger partial charge in [0, 0.05) is 35.5 Å². The zero-order chi connectivity index (χ0) is 16.7. The van der Waals surface area contributed by atoms with Gasteiger partial charge in [-0.1, -0.05) is 6.92 Å². The summed E-state index contributed by atoms with van der Waals surface area (Å²) in [6, 6.07) is 5.71. The number of nitro benzene ring substituents is 1. The second-order valence-electron chi connectivity index (χ2n) is 4.72. The molecule has 22 heavy (non-hydrogen) atoms. The molecule has 1 aromatic rings. The molecule has 122 valence electrons. The quantitative estimate of drug-likeness (QED) is 0.303. The number of rotatable bonds is 7. The van der Waals surface area contributed by atoms with E-state index in [1.54, 1.807) is 17.0 Å². The highest BCUT2D eigenvalue weighted by atomic mass is 35.5. The zero-order valence-electron chi connectivity index (χ0n) is 12.4. The number of carbonyl (C=O) groups excluding carboxylic acids is 1. The van der Waals surface area contributed by atoms with E-state index in [0.717, 1.165) is 18.2 Å². The van der Waals surface area contributed by atoms with Crippen molar-refractivity contribution in [3.8, 4) is 0 Å². The third-order valence-electron chi connectivity index (χ3n) is 3.11. The molecule has 0 aliphatic carbocycles. The summed E-state index contributed by atoms with van der Waals surface area (Å²) >= 11 is 12.9. The smallest absolute Gasteiger partial charge is 0.286 e. The number of hydrogen-bond donors (Lipinski definition) is 0. The highest BCUT2D eigenvalue weighted by molar-refractivity contribution is 8.13. The predicted octanol–water partition coefficient (Wildman–Crippen LogP) is 4.75. The summed E-state index contributed by atoms with van der Waals surface area (Å²) in [7, 11) is 0. The van der Waals surface area contributed by atoms with Crippen LogP contribution in [0.25, 0.3) is 0 Å². The fraction of sp³-hybridized carbons (Fsp3) is 0.500. The molecule has 5 nitrogen and oxygen atoms in total. The molecule has 0 saturated carbocycles. The average molecular weight is 365 g/mol. The lowest BCUT2D eigenvalue weighted by Crippen LogP contribution is -2.42. The summed E-state index contributed by atoms with van der Waals surface area (Å²) in [6.45, 7) is 4.43. The Morgan fingerprint density at radius 1 is 1.41 bits per heavy atom. The lowest BCUT2D eigenvalue weighted by atomic mass is 10.2. The van der Waals surface area contributed by atoms with E-state index in [4.69, 9.17) is 23.2 Å². The Balaban J connectivity index is 2.80. The van der Waals surface area contributed by atoms with Crippen molar-refractivity contribution in [3.05, 3.63) is 34.4 Å². The molecule has 0 heterocycles. The fourth-order valence-electron chi connectivity index (χ4n) is 1.82. The Morgan fingerprint density at radius 3 is 2.45 bits per heavy atom. The van der Waals surface area contributed by atoms with Crippen molar-refractivity contribution in [2.75, 3.05) is 12.4 Å². The van der Waals surface area contributed by atoms with Crippen molar-refractivity contribution in [3.63, 3.8) is 0 Å². The molecule has 1 amide bonds. The highest BCUT2D eigenvalue weighted by Crippen LogP contribution is 2.26. The third kappa shape index (κ3) is 5.34. The first-order valence-electron chi connectivity index (χ1n) is 6.83. The average Bonchev–Trinajstić information content (AvgIpc) is 2.51. The van der Waals surface area contributed by atoms with Crippen LogP contribution in [-0.4, -0.2) is 38.9 Å². The first-order chi connectivity index (χ1) is 10.4. The van der Waals surface area contributed by atoms with Gasteiger partial charge in [0.15, 0.2) is 0 Å². The van der Waals surface area contributed by atoms with Crippen molar-refractivity contribution in [2.24, 2.45) is 0 Å². The van der Waals surface area contributed by atoms with Crippen LogP contribution in [0, 0.1) is 10.1 Å². The summed E-state index contributed by atoms with van der Waals surface area (Å²) < 4.78 is 0. The van der Waals surface area contributed by atoms with Crippen molar-refractivity contribution in [1.29, 1.82) is 0 Å². The minimum atomic E-state index is -0.472. The molecule has 0 aliphatic heterocycles. The number of carbonyl (C=O) groups is 1. The van der Waals surface area contributed by atoms with Crippen molar-refractivity contribution < 1.29 is 9.72 Å². The highest BCUT2D eigenvalue weighted by Gasteiger charge is 2.25. The summed E-state index contributed by atoms with van der Waals surface area (Å²) in [6.07, 6.45) is 0.808. The molecule has 2 unspecified atom stereocenters. The molecule has 0 spiro atoms. The Morgan fingerprint density at radius 2 is 2.00 bits per heavy atom. The third-order valence-corrected chi connectivity index (χ3v) is 5.04. The van der Waals surface area contributed by atoms with E-state index in [1.165, 1.54) is 12.1 Å². The number of alkyl halides is 2. The molecule has 0 radical (unpaired) electrons. The van der Waals surface area contributed by atoms with Gasteiger partial charge < -0.3 is 4.90 Å². The van der Waals surface area contributed by atoms with Crippen LogP contribution in [0.2, 0.25) is 0 Å². The number of benzene rings is 1. The van der Waals surface area contributed by atoms with Gasteiger partial charge in [0.1, 0.15) is 0 Å². The van der Waals surface area contributed by atoms with Crippen LogP contribution in [0.5, 0.6) is 0 Å². The van der Waals surface area contributed by atoms with E-state index in [0.29, 0.717) is 11.4 Å². The SMILES string of the molecule is CCCN(C(=O)Sc1ccc([N+](=O)[O-])cc1)C(C)C(Cl)CCl. The number of nitro groups is 1. The number of amides is 1. The fourth-order valence-corrected chi connectivity index (χ4v) is 3.06. The Bertz CT molecular complexity index is 513. The number of nitrogens with zero attached hydrogens (tertiary/aromatic N) is 2. The molecule has 1 rings (SSSR count). The van der Waals surface area contributed by atoms with Crippen LogP contribution in [0.15, 0.2) is 29.2 Å². The molecular weight excluding hydrogens is 347 g/mol. The molecule has 0 fully saturated rings. The largest absolute Gasteiger partial charge is 0.329 e. The van der Waals surface area contributed by atoms with E-state index in [9.17, 15) is 14.9 Å². The minimum Gasteiger partial charge on any atom is -0.329 e. The zero-order valence-corrected chi connectivity index (χ0v) is 14.7. The van der Waals surface area contributed by atoms with Crippen LogP contribution in [0.1, 0.15) is 20.3 Å². The van der Waals surface area contributed by atoms with Crippen LogP contribution < -0.4 is 0 Å². The summed E-state index contributed by atoms with van der Waals surface area (Å²) in [5.41, 5.74) is -0.00135. The molecule has 0 aromatic heterocycles. The maximum atomic E-state index is 12.4. The molecule has 0 N–H and O–H groups in total. The maximum Gasteiger partial charge on any atom is 0.286 e. The normalized spacial score (nSPS) is 13.5. The number of hydrogen-bond acceptors (Lipinski definition) is 4. The maximum absolute atomic E-state index is 12.4. The predicted molar refractivity (Wildman–Crippen MR) is 91.2 cm³/mol. The van der Waals surface area contributed by atoms with Crippen LogP contribution in [-0.2, 0) is 0 Å². The van der Waals surface area contributed by atoms with E-state index in [1.807, 2.05) is 13.8 Å². The topological polar surface area (TPSA) is 63.5 Å². The molecule has 0 aliphatic rings. The van der Waals surface area contributed by atoms with Gasteiger partial charge in [0.2, 0.25) is 0 Å². The Labute approximate surface area is 144 Å². The molecule has 2 atom stereocenters. The van der Waals surface area contributed by atoms with Gasteiger partial charge in [0.05, 0.1) is 10.3 Å². The van der Waals surface area contributed by atoms with Crippen molar-refractivity contribution >= 4 is 45.9 Å². The van der Waals surface area contributed by atoms with E-state index in [2.05, 4.69) is 0 Å². The standard InChI is InChI=1S/C14H18Cl2N2O3S/c1-3-8-17(10(2)13(16)9-15)14(19)22-12-6-4-11(5-7-12)18(20)21/h4-7,10,13H,3,8-9H2,1-2H3. The monoisotopic (exact) mass is 364 g/mol. The van der Waals surface area contributed by atoms with Gasteiger partial charge >= 0.3 is 0 Å². The molecule has 1 aromatic carbocycles. The van der Waals surface area contributed by atoms with Gasteiger partial charge in [-0.3, -0.25) is 14.9 Å². The summed E-state index contributed by atoms with van der Waals surface area (Å²) in [5.74, 6) is 0.262. The second-order valence-corrected chi connectivity index (χ2v) is 6.62. The van der Waals surface area contributed by atoms with Crippen molar-refractivity contribution in [2.45, 2.75) is 36.6 Å². The van der Waals surface area contributed by atoms with Gasteiger partial charge in [-0.2, -0.15) is 0 Å². The van der Waals surface area contributed by atoms with Crippen molar-refractivity contribution in [1.82, 2.24) is 4.90 Å². The number of halogens is 2. The second kappa shape index (κ2) is 9.22. The lowest BCUT2D eigenvalue weighted by molar-refractivity contribution is -0.384. The van der Waals surface area contributed by atoms with Crippen LogP contribution in [0.3, 0.4) is 0 Å². The number of non-ortho nitro benzene ring substituents is 1. The first kappa shape index (κ1) is 19.1. The van der Waals surface area contributed by atoms with Gasteiger partial charge in [-0.05, 0) is 37.2 Å². The minimum absolute atomic E-state index is 0.00135. The van der Waals surface area contributed by atoms with Crippen LogP contribution >= 0.6 is 35.0 Å². The molecule has 0 saturated heterocycles. The lowest BCUT2D eigenvalue weighted by Gasteiger charge is -2.30. The van der Waals surface area contributed by atoms with E-state index < -0.39 is 4.92 Å². The first-order valence-corrected chi connectivity index (χ1v) is 8.62. The van der Waals surface area contributed by atoms with Gasteiger partial charge in [0.25, 0.3) is 10.9 Å². The van der Waals surface area contributed by atoms with Gasteiger partial charge in [-0.15, -0.1) is 23.2 Å². The number of thioether (sulfide) groups is 1. The van der Waals surface area contributed by atoms with Gasteiger partial charge in [-0.25, -0.2) is 0 Å². The molecule has 8 heteroatoms. The summed E-state index contributed by atoms with van der Waals surface area (Å²) in [5, 5.41) is 10.2. The van der Waals surface area contributed by atoms with Crippen LogP contribution in [0.4, 0.5) is 10.5 Å². The Hall–Kier alpha value is -0.980. The summed E-state index contributed by atoms with van der Waals surface area (Å²) in [4.78, 5) is 24.9. The molecule has 0 bridgehead atoms. The van der Waals surface area contributed by atoms with E-state index in [-0.39, 0.29) is 28.2 Å².